The molecule has 0 aliphatic carbocycles. The molecule has 3 nitrogen and oxygen atoms in total. The van der Waals surface area contributed by atoms with E-state index in [1.54, 1.807) is 7.11 Å². The third-order valence-electron chi connectivity index (χ3n) is 4.40. The molecule has 0 radical (unpaired) electrons. The predicted octanol–water partition coefficient (Wildman–Crippen LogP) is 4.29. The average Bonchev–Trinajstić information content (AvgIpc) is 2.60. The van der Waals surface area contributed by atoms with Gasteiger partial charge >= 0.3 is 0 Å². The highest BCUT2D eigenvalue weighted by Crippen LogP contribution is 2.22. The fourth-order valence-electron chi connectivity index (χ4n) is 2.48. The van der Waals surface area contributed by atoms with Crippen LogP contribution in [-0.4, -0.2) is 19.7 Å². The summed E-state index contributed by atoms with van der Waals surface area (Å²) in [6.07, 6.45) is 1.11. The maximum Gasteiger partial charge on any atom is 0.0713 e. The molecule has 0 aromatic heterocycles. The molecule has 3 heteroatoms. The fraction of sp³-hybridized carbons (Fsp3) is 0.400. The molecule has 23 heavy (non-hydrogen) atoms. The molecule has 0 heterocycles. The maximum atomic E-state index is 6.16. The summed E-state index contributed by atoms with van der Waals surface area (Å²) >= 11 is 0. The van der Waals surface area contributed by atoms with Crippen molar-refractivity contribution in [3.63, 3.8) is 0 Å². The minimum absolute atomic E-state index is 0.188. The van der Waals surface area contributed by atoms with Crippen molar-refractivity contribution in [3.05, 3.63) is 54.1 Å². The van der Waals surface area contributed by atoms with E-state index >= 15 is 0 Å². The first-order chi connectivity index (χ1) is 11.1. The molecule has 2 aromatic carbocycles. The number of ether oxygens (including phenoxy) is 1. The van der Waals surface area contributed by atoms with Crippen LogP contribution in [0.15, 0.2) is 48.5 Å². The number of anilines is 1. The van der Waals surface area contributed by atoms with E-state index in [0.717, 1.165) is 18.7 Å². The van der Waals surface area contributed by atoms with Crippen LogP contribution in [0.3, 0.4) is 0 Å². The second-order valence-corrected chi connectivity index (χ2v) is 6.14. The van der Waals surface area contributed by atoms with Gasteiger partial charge < -0.3 is 15.8 Å². The maximum absolute atomic E-state index is 6.16. The normalized spacial score (nSPS) is 13.6. The molecule has 0 spiro atoms. The Labute approximate surface area is 139 Å². The van der Waals surface area contributed by atoms with Crippen molar-refractivity contribution in [2.75, 3.05) is 19.0 Å². The largest absolute Gasteiger partial charge is 0.383 e. The van der Waals surface area contributed by atoms with Gasteiger partial charge in [-0.05, 0) is 34.7 Å². The highest BCUT2D eigenvalue weighted by atomic mass is 16.5. The lowest BCUT2D eigenvalue weighted by molar-refractivity contribution is 0.185. The number of nitrogens with two attached hydrogens (primary N) is 1. The predicted molar refractivity (Wildman–Crippen MR) is 98.5 cm³/mol. The molecule has 2 rings (SSSR count). The number of hydrogen-bond acceptors (Lipinski definition) is 3. The number of methoxy groups -OCH3 is 1. The van der Waals surface area contributed by atoms with Crippen molar-refractivity contribution >= 4 is 5.69 Å². The van der Waals surface area contributed by atoms with Crippen molar-refractivity contribution in [1.82, 2.24) is 0 Å². The second-order valence-electron chi connectivity index (χ2n) is 6.14. The Morgan fingerprint density at radius 2 is 1.57 bits per heavy atom. The van der Waals surface area contributed by atoms with Crippen LogP contribution < -0.4 is 11.1 Å². The number of benzene rings is 2. The Balaban J connectivity index is 1.96. The monoisotopic (exact) mass is 312 g/mol. The van der Waals surface area contributed by atoms with Gasteiger partial charge in [0.2, 0.25) is 0 Å². The first-order valence-corrected chi connectivity index (χ1v) is 8.31. The highest BCUT2D eigenvalue weighted by Gasteiger charge is 2.09. The first-order valence-electron chi connectivity index (χ1n) is 8.31. The quantitative estimate of drug-likeness (QED) is 0.764. The standard InChI is InChI=1S/C20H28N2O/c1-4-15(2)20(21)13-22-19-11-9-18(10-12-19)17-7-5-16(6-8-17)14-23-3/h5-12,15,20,22H,4,13-14,21H2,1-3H3/t15-,20+/m0/s1. The molecular weight excluding hydrogens is 284 g/mol. The lowest BCUT2D eigenvalue weighted by atomic mass is 10.00. The van der Waals surface area contributed by atoms with Crippen molar-refractivity contribution in [2.45, 2.75) is 32.9 Å². The van der Waals surface area contributed by atoms with Crippen LogP contribution in [0, 0.1) is 5.92 Å². The number of nitrogens with one attached hydrogen (secondary N) is 1. The third kappa shape index (κ3) is 5.08. The van der Waals surface area contributed by atoms with Gasteiger partial charge in [-0.1, -0.05) is 56.7 Å². The summed E-state index contributed by atoms with van der Waals surface area (Å²) in [5.41, 5.74) is 10.9. The Morgan fingerprint density at radius 1 is 1.00 bits per heavy atom. The summed E-state index contributed by atoms with van der Waals surface area (Å²) in [7, 11) is 1.72. The lowest BCUT2D eigenvalue weighted by Crippen LogP contribution is -2.35. The van der Waals surface area contributed by atoms with Crippen molar-refractivity contribution in [3.8, 4) is 11.1 Å². The zero-order valence-corrected chi connectivity index (χ0v) is 14.4. The molecule has 0 unspecified atom stereocenters. The van der Waals surface area contributed by atoms with Crippen LogP contribution in [-0.2, 0) is 11.3 Å². The Bertz CT molecular complexity index is 578. The van der Waals surface area contributed by atoms with Gasteiger partial charge in [-0.2, -0.15) is 0 Å². The molecule has 2 aromatic rings. The van der Waals surface area contributed by atoms with Crippen LogP contribution >= 0.6 is 0 Å². The van der Waals surface area contributed by atoms with E-state index in [2.05, 4.69) is 67.7 Å². The van der Waals surface area contributed by atoms with Gasteiger partial charge in [-0.15, -0.1) is 0 Å². The van der Waals surface area contributed by atoms with Crippen LogP contribution in [0.2, 0.25) is 0 Å². The van der Waals surface area contributed by atoms with Crippen LogP contribution in [0.1, 0.15) is 25.8 Å². The summed E-state index contributed by atoms with van der Waals surface area (Å²) in [4.78, 5) is 0. The Hall–Kier alpha value is -1.84. The summed E-state index contributed by atoms with van der Waals surface area (Å²) in [6.45, 7) is 5.83. The summed E-state index contributed by atoms with van der Waals surface area (Å²) in [6, 6.07) is 17.2. The molecule has 0 saturated carbocycles. The molecule has 3 N–H and O–H groups in total. The zero-order chi connectivity index (χ0) is 16.7. The molecular formula is C20H28N2O. The molecule has 2 atom stereocenters. The lowest BCUT2D eigenvalue weighted by Gasteiger charge is -2.19. The summed E-state index contributed by atoms with van der Waals surface area (Å²) < 4.78 is 5.14. The van der Waals surface area contributed by atoms with E-state index in [1.165, 1.54) is 16.7 Å². The van der Waals surface area contributed by atoms with E-state index in [1.807, 2.05) is 0 Å². The molecule has 0 fully saturated rings. The molecule has 0 aliphatic rings. The molecule has 0 bridgehead atoms. The van der Waals surface area contributed by atoms with E-state index in [4.69, 9.17) is 10.5 Å². The topological polar surface area (TPSA) is 47.3 Å². The highest BCUT2D eigenvalue weighted by molar-refractivity contribution is 5.66. The number of hydrogen-bond donors (Lipinski definition) is 2. The Kier molecular flexibility index (Phi) is 6.63. The molecule has 124 valence electrons. The van der Waals surface area contributed by atoms with Crippen LogP contribution in [0.25, 0.3) is 11.1 Å². The third-order valence-corrected chi connectivity index (χ3v) is 4.40. The zero-order valence-electron chi connectivity index (χ0n) is 14.4. The van der Waals surface area contributed by atoms with Gasteiger partial charge in [-0.25, -0.2) is 0 Å². The summed E-state index contributed by atoms with van der Waals surface area (Å²) in [5, 5.41) is 3.42. The average molecular weight is 312 g/mol. The van der Waals surface area contributed by atoms with Gasteiger partial charge in [0.05, 0.1) is 6.61 Å². The first kappa shape index (κ1) is 17.5. The van der Waals surface area contributed by atoms with E-state index < -0.39 is 0 Å². The van der Waals surface area contributed by atoms with Crippen LogP contribution in [0.4, 0.5) is 5.69 Å². The molecule has 0 amide bonds. The smallest absolute Gasteiger partial charge is 0.0713 e. The SMILES string of the molecule is CC[C@H](C)[C@H](N)CNc1ccc(-c2ccc(COC)cc2)cc1. The molecule has 0 aliphatic heterocycles. The van der Waals surface area contributed by atoms with Crippen molar-refractivity contribution in [1.29, 1.82) is 0 Å². The van der Waals surface area contributed by atoms with E-state index in [-0.39, 0.29) is 6.04 Å². The minimum atomic E-state index is 0.188. The summed E-state index contributed by atoms with van der Waals surface area (Å²) in [5.74, 6) is 0.535. The van der Waals surface area contributed by atoms with Gasteiger partial charge in [0, 0.05) is 25.4 Å². The van der Waals surface area contributed by atoms with Crippen molar-refractivity contribution in [2.24, 2.45) is 11.7 Å². The van der Waals surface area contributed by atoms with E-state index in [0.29, 0.717) is 12.5 Å². The van der Waals surface area contributed by atoms with Gasteiger partial charge in [0.15, 0.2) is 0 Å². The number of rotatable bonds is 8. The van der Waals surface area contributed by atoms with Gasteiger partial charge in [-0.3, -0.25) is 0 Å². The Morgan fingerprint density at radius 3 is 2.09 bits per heavy atom. The van der Waals surface area contributed by atoms with Crippen molar-refractivity contribution < 1.29 is 4.74 Å². The fourth-order valence-corrected chi connectivity index (χ4v) is 2.48. The molecule has 0 saturated heterocycles. The van der Waals surface area contributed by atoms with E-state index in [9.17, 15) is 0 Å². The van der Waals surface area contributed by atoms with Gasteiger partial charge in [0.25, 0.3) is 0 Å². The second kappa shape index (κ2) is 8.70. The van der Waals surface area contributed by atoms with Crippen LogP contribution in [0.5, 0.6) is 0 Å². The van der Waals surface area contributed by atoms with Gasteiger partial charge in [0.1, 0.15) is 0 Å². The minimum Gasteiger partial charge on any atom is -0.383 e.